The number of nitrogens with one attached hydrogen (secondary N) is 4. The van der Waals surface area contributed by atoms with E-state index in [0.29, 0.717) is 33.9 Å². The number of ketones is 2. The molecule has 4 heterocycles. The van der Waals surface area contributed by atoms with Crippen LogP contribution in [0.25, 0.3) is 0 Å². The molecule has 3 aromatic rings. The first kappa shape index (κ1) is 23.2. The van der Waals surface area contributed by atoms with Gasteiger partial charge < -0.3 is 30.7 Å². The summed E-state index contributed by atoms with van der Waals surface area (Å²) in [5.41, 5.74) is 3.08. The molecule has 0 unspecified atom stereocenters. The number of ether oxygens (including phenoxy) is 2. The van der Waals surface area contributed by atoms with Crippen molar-refractivity contribution in [3.63, 3.8) is 0 Å². The van der Waals surface area contributed by atoms with Gasteiger partial charge in [-0.15, -0.1) is 0 Å². The van der Waals surface area contributed by atoms with E-state index >= 15 is 0 Å². The molecule has 14 nitrogen and oxygen atoms in total. The molecule has 0 radical (unpaired) electrons. The number of Topliss-reactive ketones (excluding diaryl/α,β-unsaturated/α-hetero) is 2. The smallest absolute Gasteiger partial charge is 0.271 e. The largest absolute Gasteiger partial charge is 0.461 e. The number of nitro benzene ring substituents is 2. The van der Waals surface area contributed by atoms with E-state index < -0.39 is 22.1 Å². The van der Waals surface area contributed by atoms with Crippen LogP contribution >= 0.6 is 0 Å². The Kier molecular flexibility index (Phi) is 4.81. The van der Waals surface area contributed by atoms with Gasteiger partial charge in [-0.1, -0.05) is 24.3 Å². The van der Waals surface area contributed by atoms with E-state index in [1.807, 2.05) is 0 Å². The molecule has 0 fully saturated rings. The van der Waals surface area contributed by atoms with Crippen LogP contribution in [0.15, 0.2) is 83.8 Å². The van der Waals surface area contributed by atoms with Crippen molar-refractivity contribution in [2.75, 3.05) is 21.3 Å². The molecule has 40 heavy (non-hydrogen) atoms. The third kappa shape index (κ3) is 3.50. The molecule has 7 rings (SSSR count). The van der Waals surface area contributed by atoms with Crippen molar-refractivity contribution >= 4 is 45.7 Å². The lowest BCUT2D eigenvalue weighted by molar-refractivity contribution is -0.385. The summed E-state index contributed by atoms with van der Waals surface area (Å²) in [6.45, 7) is 0. The Balaban J connectivity index is 1.07. The molecule has 0 bridgehead atoms. The number of benzene rings is 3. The molecule has 0 amide bonds. The van der Waals surface area contributed by atoms with Gasteiger partial charge in [-0.2, -0.15) is 0 Å². The van der Waals surface area contributed by atoms with Gasteiger partial charge in [0.2, 0.25) is 23.3 Å². The molecule has 0 spiro atoms. The maximum absolute atomic E-state index is 13.1. The van der Waals surface area contributed by atoms with Crippen molar-refractivity contribution in [3.8, 4) is 0 Å². The third-order valence-corrected chi connectivity index (χ3v) is 6.88. The normalized spacial score (nSPS) is 20.0. The SMILES string of the molecule is O=C1C2=C(Nc3cc([N+](=O)[O-])ccc3N2)O[C@H]1c1ccc([C@@H]2OC3=C(Nc4ccc([N+](=O)[O-])cc4N3)C2=O)cc1. The van der Waals surface area contributed by atoms with Crippen LogP contribution in [0.1, 0.15) is 23.3 Å². The summed E-state index contributed by atoms with van der Waals surface area (Å²) < 4.78 is 11.7. The Bertz CT molecular complexity index is 1630. The number of rotatable bonds is 4. The summed E-state index contributed by atoms with van der Waals surface area (Å²) in [4.78, 5) is 47.4. The van der Waals surface area contributed by atoms with E-state index in [4.69, 9.17) is 9.47 Å². The number of nitrogens with zero attached hydrogens (tertiary/aromatic N) is 2. The van der Waals surface area contributed by atoms with Gasteiger partial charge in [-0.3, -0.25) is 29.8 Å². The molecule has 14 heteroatoms. The zero-order chi connectivity index (χ0) is 27.7. The number of hydrogen-bond acceptors (Lipinski definition) is 12. The highest BCUT2D eigenvalue weighted by Crippen LogP contribution is 2.43. The minimum Gasteiger partial charge on any atom is -0.461 e. The highest BCUT2D eigenvalue weighted by molar-refractivity contribution is 6.07. The van der Waals surface area contributed by atoms with Crippen LogP contribution < -0.4 is 21.3 Å². The first-order valence-corrected chi connectivity index (χ1v) is 11.9. The fraction of sp³-hybridized carbons (Fsp3) is 0.0769. The minimum atomic E-state index is -0.969. The van der Waals surface area contributed by atoms with Crippen LogP contribution in [0.5, 0.6) is 0 Å². The van der Waals surface area contributed by atoms with Gasteiger partial charge in [0, 0.05) is 35.4 Å². The summed E-state index contributed by atoms with van der Waals surface area (Å²) in [7, 11) is 0. The second kappa shape index (κ2) is 8.29. The molecule has 0 saturated carbocycles. The Morgan fingerprint density at radius 1 is 0.575 bits per heavy atom. The van der Waals surface area contributed by atoms with Crippen LogP contribution in [0.2, 0.25) is 0 Å². The summed E-state index contributed by atoms with van der Waals surface area (Å²) in [6, 6.07) is 15.0. The Labute approximate surface area is 223 Å². The number of anilines is 4. The predicted molar refractivity (Wildman–Crippen MR) is 139 cm³/mol. The number of nitro groups is 2. The van der Waals surface area contributed by atoms with Gasteiger partial charge >= 0.3 is 0 Å². The summed E-state index contributed by atoms with van der Waals surface area (Å²) in [5, 5.41) is 34.1. The van der Waals surface area contributed by atoms with E-state index in [1.165, 1.54) is 36.4 Å². The third-order valence-electron chi connectivity index (χ3n) is 6.88. The summed E-state index contributed by atoms with van der Waals surface area (Å²) >= 11 is 0. The first-order valence-electron chi connectivity index (χ1n) is 11.9. The second-order valence-electron chi connectivity index (χ2n) is 9.27. The van der Waals surface area contributed by atoms with Crippen LogP contribution in [0.4, 0.5) is 34.1 Å². The molecule has 4 aliphatic heterocycles. The average Bonchev–Trinajstić information content (AvgIpc) is 3.45. The Hall–Kier alpha value is -5.92. The van der Waals surface area contributed by atoms with Crippen LogP contribution in [0.3, 0.4) is 0 Å². The number of fused-ring (bicyclic) bond motifs is 2. The van der Waals surface area contributed by atoms with E-state index in [-0.39, 0.29) is 46.1 Å². The summed E-state index contributed by atoms with van der Waals surface area (Å²) in [6.07, 6.45) is -1.94. The van der Waals surface area contributed by atoms with Crippen molar-refractivity contribution in [2.24, 2.45) is 0 Å². The molecular weight excluding hydrogens is 524 g/mol. The topological polar surface area (TPSA) is 187 Å². The Morgan fingerprint density at radius 2 is 0.975 bits per heavy atom. The van der Waals surface area contributed by atoms with Gasteiger partial charge in [0.1, 0.15) is 11.4 Å². The van der Waals surface area contributed by atoms with Gasteiger partial charge in [-0.05, 0) is 12.1 Å². The van der Waals surface area contributed by atoms with Gasteiger partial charge in [-0.25, -0.2) is 0 Å². The van der Waals surface area contributed by atoms with Gasteiger partial charge in [0.25, 0.3) is 11.4 Å². The maximum Gasteiger partial charge on any atom is 0.271 e. The molecule has 0 aliphatic carbocycles. The van der Waals surface area contributed by atoms with Crippen molar-refractivity contribution < 1.29 is 28.9 Å². The summed E-state index contributed by atoms with van der Waals surface area (Å²) in [5.74, 6) is -0.333. The maximum atomic E-state index is 13.1. The highest BCUT2D eigenvalue weighted by Gasteiger charge is 2.41. The molecule has 0 aromatic heterocycles. The van der Waals surface area contributed by atoms with E-state index in [1.54, 1.807) is 24.3 Å². The van der Waals surface area contributed by atoms with Crippen molar-refractivity contribution in [1.29, 1.82) is 0 Å². The monoisotopic (exact) mass is 540 g/mol. The Morgan fingerprint density at radius 3 is 1.35 bits per heavy atom. The van der Waals surface area contributed by atoms with Gasteiger partial charge in [0.15, 0.2) is 12.2 Å². The second-order valence-corrected chi connectivity index (χ2v) is 9.27. The van der Waals surface area contributed by atoms with Crippen LogP contribution in [-0.2, 0) is 19.1 Å². The fourth-order valence-corrected chi connectivity index (χ4v) is 4.88. The molecular formula is C26H16N6O8. The standard InChI is InChI=1S/C26H16N6O8/c33-21-19-25(29-17-9-13(31(35)36)5-7-15(17)27-19)39-23(21)11-1-2-12(4-3-11)24-22(34)20-26(40-24)30-18-10-14(32(37)38)6-8-16(18)28-20/h1-10,23-24,27-30H/t23-,24-/m0/s1. The van der Waals surface area contributed by atoms with Crippen molar-refractivity contribution in [1.82, 2.24) is 0 Å². The zero-order valence-electron chi connectivity index (χ0n) is 20.1. The predicted octanol–water partition coefficient (Wildman–Crippen LogP) is 4.20. The van der Waals surface area contributed by atoms with Crippen molar-refractivity contribution in [3.05, 3.63) is 115 Å². The molecule has 4 N–H and O–H groups in total. The van der Waals surface area contributed by atoms with E-state index in [9.17, 15) is 29.8 Å². The molecule has 2 atom stereocenters. The number of hydrogen-bond donors (Lipinski definition) is 4. The number of carbonyl (C=O) groups excluding carboxylic acids is 2. The van der Waals surface area contributed by atoms with E-state index in [0.717, 1.165) is 0 Å². The van der Waals surface area contributed by atoms with E-state index in [2.05, 4.69) is 21.3 Å². The van der Waals surface area contributed by atoms with Crippen LogP contribution in [0, 0.1) is 20.2 Å². The van der Waals surface area contributed by atoms with Crippen LogP contribution in [-0.4, -0.2) is 21.4 Å². The fourth-order valence-electron chi connectivity index (χ4n) is 4.88. The quantitative estimate of drug-likeness (QED) is 0.273. The molecule has 4 aliphatic rings. The average molecular weight is 540 g/mol. The lowest BCUT2D eigenvalue weighted by Crippen LogP contribution is -2.18. The zero-order valence-corrected chi connectivity index (χ0v) is 20.1. The van der Waals surface area contributed by atoms with Crippen molar-refractivity contribution in [2.45, 2.75) is 12.2 Å². The number of non-ortho nitro benzene ring substituents is 2. The molecule has 3 aromatic carbocycles. The first-order chi connectivity index (χ1) is 19.3. The lowest BCUT2D eigenvalue weighted by Gasteiger charge is -2.19. The molecule has 0 saturated heterocycles. The number of carbonyl (C=O) groups is 2. The molecule has 198 valence electrons. The van der Waals surface area contributed by atoms with Gasteiger partial charge in [0.05, 0.1) is 32.6 Å². The minimum absolute atomic E-state index is 0.107. The lowest BCUT2D eigenvalue weighted by atomic mass is 9.99. The highest BCUT2D eigenvalue weighted by atomic mass is 16.6.